The summed E-state index contributed by atoms with van der Waals surface area (Å²) >= 11 is 0. The molecule has 0 aliphatic heterocycles. The number of non-ortho nitro benzene ring substituents is 1. The van der Waals surface area contributed by atoms with Gasteiger partial charge in [-0.2, -0.15) is 0 Å². The number of aliphatic carboxylic acids is 1. The number of nitrogens with zero attached hydrogens (tertiary/aromatic N) is 1. The first-order valence-electron chi connectivity index (χ1n) is 4.59. The molecule has 0 saturated carbocycles. The van der Waals surface area contributed by atoms with Gasteiger partial charge in [0.1, 0.15) is 0 Å². The first kappa shape index (κ1) is 12.4. The van der Waals surface area contributed by atoms with Gasteiger partial charge in [0.25, 0.3) is 5.69 Å². The van der Waals surface area contributed by atoms with E-state index < -0.39 is 16.8 Å². The van der Waals surface area contributed by atoms with E-state index in [1.165, 1.54) is 12.1 Å². The molecule has 16 heavy (non-hydrogen) atoms. The molecule has 1 unspecified atom stereocenters. The van der Waals surface area contributed by atoms with Gasteiger partial charge in [0.2, 0.25) is 0 Å². The first-order chi connectivity index (χ1) is 7.09. The van der Waals surface area contributed by atoms with Crippen LogP contribution in [0, 0.1) is 10.1 Å². The highest BCUT2D eigenvalue weighted by Crippen LogP contribution is 2.35. The number of carboxylic acids is 1. The molecule has 86 valence electrons. The third-order valence-electron chi connectivity index (χ3n) is 2.72. The maximum Gasteiger partial charge on any atom is 0.310 e. The van der Waals surface area contributed by atoms with E-state index in [0.717, 1.165) is 5.56 Å². The summed E-state index contributed by atoms with van der Waals surface area (Å²) in [4.78, 5) is 20.9. The Kier molecular flexibility index (Phi) is 3.49. The highest BCUT2D eigenvalue weighted by atomic mass is 35.5. The lowest BCUT2D eigenvalue weighted by Crippen LogP contribution is -2.07. The third-order valence-corrected chi connectivity index (χ3v) is 2.72. The molecule has 0 fully saturated rings. The summed E-state index contributed by atoms with van der Waals surface area (Å²) in [5.74, 6) is -1.49. The third kappa shape index (κ3) is 1.99. The minimum Gasteiger partial charge on any atom is -0.481 e. The molecule has 0 aromatic heterocycles. The Morgan fingerprint density at radius 2 is 2.19 bits per heavy atom. The number of nitro benzene ring substituents is 1. The van der Waals surface area contributed by atoms with Crippen LogP contribution in [-0.4, -0.2) is 16.0 Å². The number of aryl methyl sites for hydroxylation is 1. The number of benzene rings is 1. The number of rotatable bonds is 2. The van der Waals surface area contributed by atoms with Crippen LogP contribution in [0.25, 0.3) is 0 Å². The molecule has 0 heterocycles. The average Bonchev–Trinajstić information content (AvgIpc) is 2.59. The summed E-state index contributed by atoms with van der Waals surface area (Å²) in [6, 6.07) is 4.45. The summed E-state index contributed by atoms with van der Waals surface area (Å²) < 4.78 is 0. The number of fused-ring (bicyclic) bond motifs is 1. The molecule has 1 aliphatic rings. The highest BCUT2D eigenvalue weighted by molar-refractivity contribution is 5.85. The summed E-state index contributed by atoms with van der Waals surface area (Å²) in [5, 5.41) is 19.5. The zero-order valence-corrected chi connectivity index (χ0v) is 9.07. The number of hydrogen-bond acceptors (Lipinski definition) is 3. The summed E-state index contributed by atoms with van der Waals surface area (Å²) in [5.41, 5.74) is 1.46. The second-order valence-corrected chi connectivity index (χ2v) is 3.57. The molecule has 1 aliphatic carbocycles. The smallest absolute Gasteiger partial charge is 0.310 e. The topological polar surface area (TPSA) is 80.4 Å². The SMILES string of the molecule is Cl.O=C(O)C1CCc2ccc([N+](=O)[O-])cc21. The maximum atomic E-state index is 10.9. The fraction of sp³-hybridized carbons (Fsp3) is 0.300. The number of halogens is 1. The van der Waals surface area contributed by atoms with E-state index in [4.69, 9.17) is 5.11 Å². The van der Waals surface area contributed by atoms with Crippen molar-refractivity contribution in [1.29, 1.82) is 0 Å². The molecule has 1 aromatic rings. The van der Waals surface area contributed by atoms with Gasteiger partial charge < -0.3 is 5.11 Å². The molecular weight excluding hydrogens is 234 g/mol. The molecule has 1 aromatic carbocycles. The molecular formula is C10H10ClNO4. The molecule has 6 heteroatoms. The van der Waals surface area contributed by atoms with E-state index in [9.17, 15) is 14.9 Å². The lowest BCUT2D eigenvalue weighted by atomic mass is 10.0. The van der Waals surface area contributed by atoms with Crippen LogP contribution in [-0.2, 0) is 11.2 Å². The van der Waals surface area contributed by atoms with Crippen molar-refractivity contribution in [3.8, 4) is 0 Å². The Hall–Kier alpha value is -1.62. The van der Waals surface area contributed by atoms with Crippen molar-refractivity contribution in [2.24, 2.45) is 0 Å². The van der Waals surface area contributed by atoms with Crippen LogP contribution in [0.4, 0.5) is 5.69 Å². The Bertz CT molecular complexity index is 446. The predicted octanol–water partition coefficient (Wildman–Crippen LogP) is 2.13. The van der Waals surface area contributed by atoms with Crippen molar-refractivity contribution in [1.82, 2.24) is 0 Å². The van der Waals surface area contributed by atoms with Crippen LogP contribution in [0.1, 0.15) is 23.5 Å². The van der Waals surface area contributed by atoms with Crippen LogP contribution in [0.5, 0.6) is 0 Å². The van der Waals surface area contributed by atoms with E-state index in [-0.39, 0.29) is 18.1 Å². The van der Waals surface area contributed by atoms with Gasteiger partial charge in [0, 0.05) is 12.1 Å². The van der Waals surface area contributed by atoms with Crippen LogP contribution >= 0.6 is 12.4 Å². The number of nitro groups is 1. The van der Waals surface area contributed by atoms with Gasteiger partial charge >= 0.3 is 5.97 Å². The average molecular weight is 244 g/mol. The number of carboxylic acid groups (broad SMARTS) is 1. The van der Waals surface area contributed by atoms with E-state index in [1.54, 1.807) is 6.07 Å². The fourth-order valence-corrected chi connectivity index (χ4v) is 1.96. The zero-order valence-electron chi connectivity index (χ0n) is 8.25. The lowest BCUT2D eigenvalue weighted by Gasteiger charge is -2.04. The van der Waals surface area contributed by atoms with Crippen molar-refractivity contribution in [3.63, 3.8) is 0 Å². The quantitative estimate of drug-likeness (QED) is 0.637. The Morgan fingerprint density at radius 1 is 1.50 bits per heavy atom. The lowest BCUT2D eigenvalue weighted by molar-refractivity contribution is -0.384. The van der Waals surface area contributed by atoms with Gasteiger partial charge in [0.05, 0.1) is 10.8 Å². The molecule has 0 amide bonds. The number of carbonyl (C=O) groups is 1. The van der Waals surface area contributed by atoms with E-state index in [1.807, 2.05) is 0 Å². The Labute approximate surface area is 97.6 Å². The molecule has 5 nitrogen and oxygen atoms in total. The Morgan fingerprint density at radius 3 is 2.75 bits per heavy atom. The maximum absolute atomic E-state index is 10.9. The van der Waals surface area contributed by atoms with Crippen molar-refractivity contribution < 1.29 is 14.8 Å². The highest BCUT2D eigenvalue weighted by Gasteiger charge is 2.29. The summed E-state index contributed by atoms with van der Waals surface area (Å²) in [6.07, 6.45) is 1.22. The van der Waals surface area contributed by atoms with Gasteiger partial charge in [-0.1, -0.05) is 6.07 Å². The molecule has 0 bridgehead atoms. The molecule has 1 atom stereocenters. The first-order valence-corrected chi connectivity index (χ1v) is 4.59. The minimum absolute atomic E-state index is 0. The van der Waals surface area contributed by atoms with Gasteiger partial charge in [-0.15, -0.1) is 12.4 Å². The molecule has 1 N–H and O–H groups in total. The van der Waals surface area contributed by atoms with Crippen LogP contribution in [0.2, 0.25) is 0 Å². The normalized spacial score (nSPS) is 17.4. The monoisotopic (exact) mass is 243 g/mol. The standard InChI is InChI=1S/C10H9NO4.ClH/c12-10(13)8-4-2-6-1-3-7(11(14)15)5-9(6)8;/h1,3,5,8H,2,4H2,(H,12,13);1H. The second-order valence-electron chi connectivity index (χ2n) is 3.57. The number of hydrogen-bond donors (Lipinski definition) is 1. The fourth-order valence-electron chi connectivity index (χ4n) is 1.96. The molecule has 0 radical (unpaired) electrons. The van der Waals surface area contributed by atoms with Gasteiger partial charge in [-0.05, 0) is 24.0 Å². The predicted molar refractivity (Wildman–Crippen MR) is 59.0 cm³/mol. The Balaban J connectivity index is 0.00000128. The molecule has 0 spiro atoms. The largest absolute Gasteiger partial charge is 0.481 e. The zero-order chi connectivity index (χ0) is 11.0. The van der Waals surface area contributed by atoms with Gasteiger partial charge in [-0.25, -0.2) is 0 Å². The van der Waals surface area contributed by atoms with Crippen molar-refractivity contribution >= 4 is 24.1 Å². The summed E-state index contributed by atoms with van der Waals surface area (Å²) in [6.45, 7) is 0. The van der Waals surface area contributed by atoms with Crippen LogP contribution in [0.15, 0.2) is 18.2 Å². The van der Waals surface area contributed by atoms with E-state index in [2.05, 4.69) is 0 Å². The van der Waals surface area contributed by atoms with Crippen LogP contribution in [0.3, 0.4) is 0 Å². The molecule has 2 rings (SSSR count). The van der Waals surface area contributed by atoms with Crippen molar-refractivity contribution in [2.75, 3.05) is 0 Å². The van der Waals surface area contributed by atoms with Crippen LogP contribution < -0.4 is 0 Å². The van der Waals surface area contributed by atoms with Gasteiger partial charge in [0.15, 0.2) is 0 Å². The second kappa shape index (κ2) is 4.49. The van der Waals surface area contributed by atoms with Crippen molar-refractivity contribution in [2.45, 2.75) is 18.8 Å². The molecule has 0 saturated heterocycles. The minimum atomic E-state index is -0.908. The summed E-state index contributed by atoms with van der Waals surface area (Å²) in [7, 11) is 0. The van der Waals surface area contributed by atoms with E-state index >= 15 is 0 Å². The van der Waals surface area contributed by atoms with Gasteiger partial charge in [-0.3, -0.25) is 14.9 Å². The van der Waals surface area contributed by atoms with E-state index in [0.29, 0.717) is 18.4 Å². The van der Waals surface area contributed by atoms with Crippen molar-refractivity contribution in [3.05, 3.63) is 39.4 Å².